The molecule has 1 amide bonds. The molecule has 6 heteroatoms. The van der Waals surface area contributed by atoms with Crippen molar-refractivity contribution in [1.29, 1.82) is 0 Å². The van der Waals surface area contributed by atoms with Gasteiger partial charge in [-0.3, -0.25) is 4.79 Å². The minimum Gasteiger partial charge on any atom is -0.506 e. The number of hydrogen-bond acceptors (Lipinski definition) is 5. The van der Waals surface area contributed by atoms with E-state index in [2.05, 4.69) is 17.6 Å². The first-order valence-corrected chi connectivity index (χ1v) is 9.95. The molecular weight excluding hydrogens is 364 g/mol. The fourth-order valence-electron chi connectivity index (χ4n) is 3.67. The molecule has 1 unspecified atom stereocenters. The number of nitrogens with one attached hydrogen (secondary N) is 2. The predicted octanol–water partition coefficient (Wildman–Crippen LogP) is 3.76. The summed E-state index contributed by atoms with van der Waals surface area (Å²) in [5.41, 5.74) is 2.63. The lowest BCUT2D eigenvalue weighted by Gasteiger charge is -2.18. The molecule has 0 aliphatic heterocycles. The molecule has 0 saturated carbocycles. The smallest absolute Gasteiger partial charge is 0.257 e. The molecular formula is C23H24N4O2. The third-order valence-electron chi connectivity index (χ3n) is 5.20. The highest BCUT2D eigenvalue weighted by Crippen LogP contribution is 2.36. The lowest BCUT2D eigenvalue weighted by molar-refractivity contribution is 0.0948. The van der Waals surface area contributed by atoms with Crippen LogP contribution < -0.4 is 10.6 Å². The highest BCUT2D eigenvalue weighted by Gasteiger charge is 2.22. The van der Waals surface area contributed by atoms with Gasteiger partial charge < -0.3 is 15.7 Å². The second-order valence-electron chi connectivity index (χ2n) is 7.05. The number of benzene rings is 3. The van der Waals surface area contributed by atoms with Crippen molar-refractivity contribution in [1.82, 2.24) is 20.6 Å². The Balaban J connectivity index is 1.90. The van der Waals surface area contributed by atoms with Crippen LogP contribution in [-0.4, -0.2) is 40.1 Å². The van der Waals surface area contributed by atoms with Gasteiger partial charge in [0, 0.05) is 23.4 Å². The van der Waals surface area contributed by atoms with Crippen molar-refractivity contribution in [2.75, 3.05) is 13.1 Å². The lowest BCUT2D eigenvalue weighted by atomic mass is 10.0. The molecule has 1 atom stereocenters. The molecule has 1 aromatic heterocycles. The number of likely N-dealkylation sites (N-methyl/N-ethyl adjacent to an activating group) is 1. The first kappa shape index (κ1) is 19.1. The standard InChI is InChI=1S/C23H24N4O2/c1-3-14(24-4-2)13-25-23(29)19-21-20(15-9-5-6-10-16(15)22(19)28)26-17-11-7-8-12-18(17)27-21/h5-12,14,24,28H,3-4,13H2,1-2H3,(H,25,29). The number of rotatable bonds is 6. The Morgan fingerprint density at radius 3 is 2.24 bits per heavy atom. The molecule has 0 aliphatic rings. The second kappa shape index (κ2) is 8.01. The van der Waals surface area contributed by atoms with Crippen LogP contribution in [0.4, 0.5) is 0 Å². The summed E-state index contributed by atoms with van der Waals surface area (Å²) >= 11 is 0. The summed E-state index contributed by atoms with van der Waals surface area (Å²) in [6.45, 7) is 5.40. The van der Waals surface area contributed by atoms with Crippen molar-refractivity contribution in [2.24, 2.45) is 0 Å². The fraction of sp³-hybridized carbons (Fsp3) is 0.261. The molecule has 29 heavy (non-hydrogen) atoms. The van der Waals surface area contributed by atoms with Gasteiger partial charge in [-0.05, 0) is 25.1 Å². The van der Waals surface area contributed by atoms with Crippen molar-refractivity contribution < 1.29 is 9.90 Å². The minimum absolute atomic E-state index is 0.0633. The SMILES string of the molecule is CCNC(CC)CNC(=O)c1c(O)c2ccccc2c2nc3ccccc3nc12. The summed E-state index contributed by atoms with van der Waals surface area (Å²) in [4.78, 5) is 22.6. The van der Waals surface area contributed by atoms with E-state index in [1.807, 2.05) is 49.4 Å². The summed E-state index contributed by atoms with van der Waals surface area (Å²) in [7, 11) is 0. The van der Waals surface area contributed by atoms with E-state index in [9.17, 15) is 9.90 Å². The van der Waals surface area contributed by atoms with Gasteiger partial charge in [0.25, 0.3) is 5.91 Å². The molecule has 0 spiro atoms. The maximum atomic E-state index is 13.1. The zero-order chi connectivity index (χ0) is 20.4. The number of fused-ring (bicyclic) bond motifs is 4. The second-order valence-corrected chi connectivity index (χ2v) is 7.05. The summed E-state index contributed by atoms with van der Waals surface area (Å²) in [5.74, 6) is -0.411. The molecule has 0 bridgehead atoms. The topological polar surface area (TPSA) is 87.1 Å². The summed E-state index contributed by atoms with van der Waals surface area (Å²) in [6, 6.07) is 15.1. The van der Waals surface area contributed by atoms with Gasteiger partial charge in [-0.1, -0.05) is 50.2 Å². The third-order valence-corrected chi connectivity index (χ3v) is 5.20. The fourth-order valence-corrected chi connectivity index (χ4v) is 3.67. The molecule has 0 aliphatic carbocycles. The van der Waals surface area contributed by atoms with Crippen molar-refractivity contribution in [3.8, 4) is 5.75 Å². The Morgan fingerprint density at radius 2 is 1.59 bits per heavy atom. The monoisotopic (exact) mass is 388 g/mol. The number of amides is 1. The van der Waals surface area contributed by atoms with Gasteiger partial charge in [0.1, 0.15) is 16.8 Å². The molecule has 0 saturated heterocycles. The first-order chi connectivity index (χ1) is 14.1. The van der Waals surface area contributed by atoms with E-state index >= 15 is 0 Å². The molecule has 3 N–H and O–H groups in total. The van der Waals surface area contributed by atoms with E-state index < -0.39 is 0 Å². The molecule has 148 valence electrons. The Morgan fingerprint density at radius 1 is 0.966 bits per heavy atom. The van der Waals surface area contributed by atoms with E-state index in [1.54, 1.807) is 6.07 Å². The quantitative estimate of drug-likeness (QED) is 0.346. The van der Waals surface area contributed by atoms with Gasteiger partial charge in [0.2, 0.25) is 0 Å². The van der Waals surface area contributed by atoms with Crippen LogP contribution in [0, 0.1) is 0 Å². The summed E-state index contributed by atoms with van der Waals surface area (Å²) in [6.07, 6.45) is 0.892. The molecule has 6 nitrogen and oxygen atoms in total. The van der Waals surface area contributed by atoms with Crippen LogP contribution in [0.2, 0.25) is 0 Å². The predicted molar refractivity (Wildman–Crippen MR) is 116 cm³/mol. The van der Waals surface area contributed by atoms with E-state index in [0.29, 0.717) is 28.5 Å². The number of aromatic nitrogens is 2. The van der Waals surface area contributed by atoms with Crippen molar-refractivity contribution in [3.63, 3.8) is 0 Å². The molecule has 4 aromatic rings. The number of phenols is 1. The van der Waals surface area contributed by atoms with Gasteiger partial charge in [-0.15, -0.1) is 0 Å². The van der Waals surface area contributed by atoms with E-state index in [0.717, 1.165) is 23.9 Å². The van der Waals surface area contributed by atoms with E-state index in [4.69, 9.17) is 9.97 Å². The van der Waals surface area contributed by atoms with Gasteiger partial charge in [0.15, 0.2) is 0 Å². The van der Waals surface area contributed by atoms with Crippen LogP contribution in [0.3, 0.4) is 0 Å². The summed E-state index contributed by atoms with van der Waals surface area (Å²) in [5, 5.41) is 18.6. The van der Waals surface area contributed by atoms with Gasteiger partial charge >= 0.3 is 0 Å². The largest absolute Gasteiger partial charge is 0.506 e. The molecule has 0 radical (unpaired) electrons. The number of hydrogen-bond donors (Lipinski definition) is 3. The molecule has 1 heterocycles. The number of para-hydroxylation sites is 2. The third kappa shape index (κ3) is 3.47. The highest BCUT2D eigenvalue weighted by molar-refractivity contribution is 6.19. The Bertz CT molecular complexity index is 1210. The van der Waals surface area contributed by atoms with Gasteiger partial charge in [-0.2, -0.15) is 0 Å². The number of carbonyl (C=O) groups is 1. The van der Waals surface area contributed by atoms with Gasteiger partial charge in [0.05, 0.1) is 16.6 Å². The molecule has 4 rings (SSSR count). The van der Waals surface area contributed by atoms with Gasteiger partial charge in [-0.25, -0.2) is 9.97 Å². The van der Waals surface area contributed by atoms with Crippen molar-refractivity contribution in [2.45, 2.75) is 26.3 Å². The normalized spacial score (nSPS) is 12.5. The van der Waals surface area contributed by atoms with Crippen LogP contribution in [-0.2, 0) is 0 Å². The maximum absolute atomic E-state index is 13.1. The lowest BCUT2D eigenvalue weighted by Crippen LogP contribution is -2.40. The first-order valence-electron chi connectivity index (χ1n) is 9.95. The average molecular weight is 388 g/mol. The zero-order valence-corrected chi connectivity index (χ0v) is 16.6. The van der Waals surface area contributed by atoms with E-state index in [1.165, 1.54) is 0 Å². The number of nitrogens with zero attached hydrogens (tertiary/aromatic N) is 2. The van der Waals surface area contributed by atoms with Crippen molar-refractivity contribution >= 4 is 38.7 Å². The number of phenolic OH excluding ortho intramolecular Hbond substituents is 1. The van der Waals surface area contributed by atoms with E-state index in [-0.39, 0.29) is 23.3 Å². The van der Waals surface area contributed by atoms with Crippen LogP contribution in [0.1, 0.15) is 30.6 Å². The summed E-state index contributed by atoms with van der Waals surface area (Å²) < 4.78 is 0. The number of carbonyl (C=O) groups excluding carboxylic acids is 1. The van der Waals surface area contributed by atoms with Crippen molar-refractivity contribution in [3.05, 3.63) is 54.1 Å². The Kier molecular flexibility index (Phi) is 5.27. The minimum atomic E-state index is -0.348. The zero-order valence-electron chi connectivity index (χ0n) is 16.6. The Labute approximate surface area is 169 Å². The van der Waals surface area contributed by atoms with Crippen LogP contribution in [0.5, 0.6) is 5.75 Å². The number of aromatic hydroxyl groups is 1. The maximum Gasteiger partial charge on any atom is 0.257 e. The highest BCUT2D eigenvalue weighted by atomic mass is 16.3. The molecule has 0 fully saturated rings. The molecule has 3 aromatic carbocycles. The Hall–Kier alpha value is -3.25. The van der Waals surface area contributed by atoms with Crippen LogP contribution in [0.15, 0.2) is 48.5 Å². The average Bonchev–Trinajstić information content (AvgIpc) is 2.75. The van der Waals surface area contributed by atoms with Crippen LogP contribution >= 0.6 is 0 Å². The van der Waals surface area contributed by atoms with Crippen LogP contribution in [0.25, 0.3) is 32.8 Å².